The number of piperidine rings is 1. The van der Waals surface area contributed by atoms with Crippen LogP contribution in [0.1, 0.15) is 30.4 Å². The van der Waals surface area contributed by atoms with Gasteiger partial charge in [-0.05, 0) is 55.3 Å². The van der Waals surface area contributed by atoms with Crippen LogP contribution in [0.15, 0.2) is 53.0 Å². The predicted octanol–water partition coefficient (Wildman–Crippen LogP) is 3.52. The van der Waals surface area contributed by atoms with Crippen LogP contribution in [0, 0.1) is 0 Å². The summed E-state index contributed by atoms with van der Waals surface area (Å²) in [6.07, 6.45) is 4.92. The first kappa shape index (κ1) is 22.8. The zero-order valence-corrected chi connectivity index (χ0v) is 19.6. The highest BCUT2D eigenvalue weighted by Gasteiger charge is 2.21. The van der Waals surface area contributed by atoms with Gasteiger partial charge in [-0.2, -0.15) is 0 Å². The Labute approximate surface area is 187 Å². The van der Waals surface area contributed by atoms with Gasteiger partial charge in [-0.15, -0.1) is 0 Å². The normalized spacial score (nSPS) is 15.0. The van der Waals surface area contributed by atoms with Crippen molar-refractivity contribution < 1.29 is 13.2 Å². The first-order chi connectivity index (χ1) is 14.3. The number of rotatable bonds is 8. The summed E-state index contributed by atoms with van der Waals surface area (Å²) in [6, 6.07) is 15.1. The molecule has 1 saturated heterocycles. The van der Waals surface area contributed by atoms with E-state index in [0.29, 0.717) is 12.2 Å². The number of hydrogen-bond donors (Lipinski definition) is 1. The average Bonchev–Trinajstić information content (AvgIpc) is 2.71. The van der Waals surface area contributed by atoms with Crippen LogP contribution in [-0.2, 0) is 27.9 Å². The predicted molar refractivity (Wildman–Crippen MR) is 124 cm³/mol. The van der Waals surface area contributed by atoms with Crippen LogP contribution in [0.4, 0.5) is 5.69 Å². The molecule has 0 bridgehead atoms. The summed E-state index contributed by atoms with van der Waals surface area (Å²) in [5.41, 5.74) is 2.69. The monoisotopic (exact) mass is 493 g/mol. The maximum Gasteiger partial charge on any atom is 0.241 e. The molecule has 0 aliphatic carbocycles. The number of halogens is 1. The second-order valence-corrected chi connectivity index (χ2v) is 10.5. The Balaban J connectivity index is 1.59. The van der Waals surface area contributed by atoms with Gasteiger partial charge in [-0.25, -0.2) is 8.42 Å². The number of anilines is 1. The number of nitrogens with one attached hydrogen (secondary N) is 1. The molecule has 1 N–H and O–H groups in total. The number of hydrogen-bond acceptors (Lipinski definition) is 4. The lowest BCUT2D eigenvalue weighted by Crippen LogP contribution is -2.40. The summed E-state index contributed by atoms with van der Waals surface area (Å²) < 4.78 is 26.3. The Morgan fingerprint density at radius 1 is 1.07 bits per heavy atom. The van der Waals surface area contributed by atoms with Crippen molar-refractivity contribution >= 4 is 37.5 Å². The molecule has 1 aliphatic heterocycles. The lowest BCUT2D eigenvalue weighted by molar-refractivity contribution is -0.119. The van der Waals surface area contributed by atoms with Crippen LogP contribution in [0.3, 0.4) is 0 Å². The van der Waals surface area contributed by atoms with Crippen LogP contribution in [0.2, 0.25) is 0 Å². The maximum atomic E-state index is 12.5. The SMILES string of the molecule is CS(=O)(=O)N(CC(=O)NCc1cccc(CN2CCCCC2)c1)c1cccc(Br)c1. The molecule has 0 unspecified atom stereocenters. The van der Waals surface area contributed by atoms with Crippen molar-refractivity contribution in [3.8, 4) is 0 Å². The molecule has 6 nitrogen and oxygen atoms in total. The molecule has 30 heavy (non-hydrogen) atoms. The van der Waals surface area contributed by atoms with Crippen molar-refractivity contribution in [1.82, 2.24) is 10.2 Å². The number of carbonyl (C=O) groups excluding carboxylic acids is 1. The minimum Gasteiger partial charge on any atom is -0.350 e. The average molecular weight is 494 g/mol. The summed E-state index contributed by atoms with van der Waals surface area (Å²) in [5, 5.41) is 2.85. The van der Waals surface area contributed by atoms with Crippen molar-refractivity contribution in [2.45, 2.75) is 32.4 Å². The summed E-state index contributed by atoms with van der Waals surface area (Å²) in [6.45, 7) is 3.30. The minimum absolute atomic E-state index is 0.261. The number of carbonyl (C=O) groups is 1. The van der Waals surface area contributed by atoms with Gasteiger partial charge in [-0.1, -0.05) is 52.7 Å². The van der Waals surface area contributed by atoms with E-state index >= 15 is 0 Å². The third-order valence-corrected chi connectivity index (χ3v) is 6.75. The van der Waals surface area contributed by atoms with Crippen LogP contribution >= 0.6 is 15.9 Å². The molecule has 8 heteroatoms. The largest absolute Gasteiger partial charge is 0.350 e. The van der Waals surface area contributed by atoms with Gasteiger partial charge in [0.1, 0.15) is 6.54 Å². The lowest BCUT2D eigenvalue weighted by Gasteiger charge is -2.26. The lowest BCUT2D eigenvalue weighted by atomic mass is 10.1. The van der Waals surface area contributed by atoms with Crippen molar-refractivity contribution in [2.24, 2.45) is 0 Å². The summed E-state index contributed by atoms with van der Waals surface area (Å²) in [7, 11) is -3.59. The smallest absolute Gasteiger partial charge is 0.241 e. The van der Waals surface area contributed by atoms with E-state index in [1.807, 2.05) is 12.1 Å². The molecule has 1 aliphatic rings. The molecule has 1 amide bonds. The highest BCUT2D eigenvalue weighted by atomic mass is 79.9. The van der Waals surface area contributed by atoms with Gasteiger partial charge in [0.25, 0.3) is 0 Å². The first-order valence-electron chi connectivity index (χ1n) is 10.1. The molecular formula is C22H28BrN3O3S. The van der Waals surface area contributed by atoms with Crippen LogP contribution in [0.5, 0.6) is 0 Å². The summed E-state index contributed by atoms with van der Waals surface area (Å²) in [5.74, 6) is -0.346. The zero-order valence-electron chi connectivity index (χ0n) is 17.2. The Bertz CT molecular complexity index is 975. The van der Waals surface area contributed by atoms with Crippen molar-refractivity contribution in [2.75, 3.05) is 30.2 Å². The second kappa shape index (κ2) is 10.4. The molecule has 0 saturated carbocycles. The Hall–Kier alpha value is -1.90. The van der Waals surface area contributed by atoms with Crippen LogP contribution in [0.25, 0.3) is 0 Å². The van der Waals surface area contributed by atoms with Gasteiger partial charge in [0.15, 0.2) is 0 Å². The Morgan fingerprint density at radius 3 is 2.47 bits per heavy atom. The third kappa shape index (κ3) is 6.82. The quantitative estimate of drug-likeness (QED) is 0.610. The molecule has 3 rings (SSSR count). The van der Waals surface area contributed by atoms with Gasteiger partial charge in [0.2, 0.25) is 15.9 Å². The maximum absolute atomic E-state index is 12.5. The Kier molecular flexibility index (Phi) is 7.91. The Morgan fingerprint density at radius 2 is 1.77 bits per heavy atom. The number of sulfonamides is 1. The van der Waals surface area contributed by atoms with E-state index in [9.17, 15) is 13.2 Å². The zero-order chi connectivity index (χ0) is 21.6. The van der Waals surface area contributed by atoms with Crippen LogP contribution in [-0.4, -0.2) is 45.1 Å². The molecule has 0 spiro atoms. The molecule has 0 radical (unpaired) electrons. The van der Waals surface area contributed by atoms with E-state index < -0.39 is 10.0 Å². The van der Waals surface area contributed by atoms with Gasteiger partial charge in [0.05, 0.1) is 11.9 Å². The van der Waals surface area contributed by atoms with E-state index in [-0.39, 0.29) is 12.5 Å². The third-order valence-electron chi connectivity index (χ3n) is 5.12. The van der Waals surface area contributed by atoms with Crippen LogP contribution < -0.4 is 9.62 Å². The van der Waals surface area contributed by atoms with E-state index in [4.69, 9.17) is 0 Å². The van der Waals surface area contributed by atoms with Crippen molar-refractivity contribution in [3.05, 3.63) is 64.1 Å². The van der Waals surface area contributed by atoms with E-state index in [1.54, 1.807) is 24.3 Å². The van der Waals surface area contributed by atoms with Gasteiger partial charge in [-0.3, -0.25) is 14.0 Å². The standard InChI is InChI=1S/C22H28BrN3O3S/c1-30(28,29)26(21-10-6-9-20(23)14-21)17-22(27)24-15-18-7-5-8-19(13-18)16-25-11-3-2-4-12-25/h5-10,13-14H,2-4,11-12,15-17H2,1H3,(H,24,27). The van der Waals surface area contributed by atoms with Gasteiger partial charge >= 0.3 is 0 Å². The highest BCUT2D eigenvalue weighted by molar-refractivity contribution is 9.10. The van der Waals surface area contributed by atoms with Gasteiger partial charge < -0.3 is 5.32 Å². The molecule has 162 valence electrons. The summed E-state index contributed by atoms with van der Waals surface area (Å²) >= 11 is 3.34. The number of benzene rings is 2. The molecule has 2 aromatic carbocycles. The molecular weight excluding hydrogens is 466 g/mol. The van der Waals surface area contributed by atoms with Gasteiger partial charge in [0, 0.05) is 17.6 Å². The fraction of sp³-hybridized carbons (Fsp3) is 0.409. The fourth-order valence-corrected chi connectivity index (χ4v) is 4.87. The van der Waals surface area contributed by atoms with E-state index in [2.05, 4.69) is 38.3 Å². The minimum atomic E-state index is -3.59. The topological polar surface area (TPSA) is 69.7 Å². The molecule has 2 aromatic rings. The fourth-order valence-electron chi connectivity index (χ4n) is 3.63. The molecule has 0 aromatic heterocycles. The van der Waals surface area contributed by atoms with E-state index in [0.717, 1.165) is 40.2 Å². The van der Waals surface area contributed by atoms with E-state index in [1.165, 1.54) is 24.8 Å². The molecule has 0 atom stereocenters. The molecule has 1 heterocycles. The number of nitrogens with zero attached hydrogens (tertiary/aromatic N) is 2. The number of amides is 1. The number of likely N-dealkylation sites (tertiary alicyclic amines) is 1. The highest BCUT2D eigenvalue weighted by Crippen LogP contribution is 2.22. The second-order valence-electron chi connectivity index (χ2n) is 7.68. The summed E-state index contributed by atoms with van der Waals surface area (Å²) in [4.78, 5) is 15.0. The first-order valence-corrected chi connectivity index (χ1v) is 12.8. The molecule has 1 fully saturated rings. The van der Waals surface area contributed by atoms with Crippen molar-refractivity contribution in [1.29, 1.82) is 0 Å². The van der Waals surface area contributed by atoms with Crippen molar-refractivity contribution in [3.63, 3.8) is 0 Å².